The summed E-state index contributed by atoms with van der Waals surface area (Å²) in [6.07, 6.45) is 0. The second kappa shape index (κ2) is 6.24. The lowest BCUT2D eigenvalue weighted by molar-refractivity contribution is 0.0691. The van der Waals surface area contributed by atoms with Crippen LogP contribution in [0, 0.1) is 0 Å². The molecule has 0 amide bonds. The third kappa shape index (κ3) is 3.49. The molecule has 1 N–H and O–H groups in total. The zero-order valence-electron chi connectivity index (χ0n) is 11.1. The van der Waals surface area contributed by atoms with Gasteiger partial charge >= 0.3 is 5.97 Å². The van der Waals surface area contributed by atoms with Crippen LogP contribution in [0.15, 0.2) is 23.6 Å². The molecule has 0 saturated heterocycles. The van der Waals surface area contributed by atoms with Gasteiger partial charge in [-0.15, -0.1) is 11.3 Å². The first-order chi connectivity index (χ1) is 9.47. The molecule has 0 fully saturated rings. The number of hydrogen-bond donors (Lipinski definition) is 1. The molecule has 2 rings (SSSR count). The number of benzene rings is 1. The highest BCUT2D eigenvalue weighted by molar-refractivity contribution is 7.09. The maximum absolute atomic E-state index is 11.1. The second-order valence-electron chi connectivity index (χ2n) is 4.57. The SMILES string of the molecule is CC(C)c1nc(COc2cc(Cl)ccc2C(=O)O)cs1. The average Bonchev–Trinajstić information content (AvgIpc) is 2.85. The van der Waals surface area contributed by atoms with Gasteiger partial charge in [0.2, 0.25) is 0 Å². The largest absolute Gasteiger partial charge is 0.486 e. The summed E-state index contributed by atoms with van der Waals surface area (Å²) in [5, 5.41) is 12.5. The van der Waals surface area contributed by atoms with Crippen molar-refractivity contribution in [3.63, 3.8) is 0 Å². The third-order valence-corrected chi connectivity index (χ3v) is 4.04. The topological polar surface area (TPSA) is 59.4 Å². The Bertz CT molecular complexity index is 625. The Kier molecular flexibility index (Phi) is 4.62. The van der Waals surface area contributed by atoms with Crippen molar-refractivity contribution >= 4 is 28.9 Å². The number of halogens is 1. The molecule has 1 heterocycles. The minimum Gasteiger partial charge on any atom is -0.486 e. The molecule has 0 bridgehead atoms. The van der Waals surface area contributed by atoms with Crippen molar-refractivity contribution in [3.8, 4) is 5.75 Å². The van der Waals surface area contributed by atoms with Crippen molar-refractivity contribution in [1.82, 2.24) is 4.98 Å². The molecule has 1 aromatic carbocycles. The molecule has 2 aromatic rings. The van der Waals surface area contributed by atoms with E-state index < -0.39 is 5.97 Å². The fraction of sp³-hybridized carbons (Fsp3) is 0.286. The smallest absolute Gasteiger partial charge is 0.339 e. The van der Waals surface area contributed by atoms with Crippen molar-refractivity contribution < 1.29 is 14.6 Å². The van der Waals surface area contributed by atoms with E-state index in [0.29, 0.717) is 10.9 Å². The van der Waals surface area contributed by atoms with Gasteiger partial charge in [-0.05, 0) is 18.2 Å². The van der Waals surface area contributed by atoms with Gasteiger partial charge in [-0.25, -0.2) is 9.78 Å². The summed E-state index contributed by atoms with van der Waals surface area (Å²) in [6, 6.07) is 4.46. The molecule has 0 aliphatic heterocycles. The molecule has 0 aliphatic rings. The lowest BCUT2D eigenvalue weighted by atomic mass is 10.2. The Morgan fingerprint density at radius 1 is 1.50 bits per heavy atom. The van der Waals surface area contributed by atoms with Crippen molar-refractivity contribution in [3.05, 3.63) is 44.9 Å². The highest BCUT2D eigenvalue weighted by atomic mass is 35.5. The van der Waals surface area contributed by atoms with Crippen LogP contribution in [0.5, 0.6) is 5.75 Å². The van der Waals surface area contributed by atoms with Gasteiger partial charge in [0, 0.05) is 16.3 Å². The van der Waals surface area contributed by atoms with E-state index in [4.69, 9.17) is 21.4 Å². The van der Waals surface area contributed by atoms with Gasteiger partial charge in [-0.2, -0.15) is 0 Å². The van der Waals surface area contributed by atoms with Gasteiger partial charge < -0.3 is 9.84 Å². The van der Waals surface area contributed by atoms with E-state index in [1.165, 1.54) is 18.2 Å². The van der Waals surface area contributed by atoms with Crippen molar-refractivity contribution in [2.45, 2.75) is 26.4 Å². The van der Waals surface area contributed by atoms with Crippen LogP contribution in [0.1, 0.15) is 40.8 Å². The summed E-state index contributed by atoms with van der Waals surface area (Å²) in [4.78, 5) is 15.5. The molecule has 20 heavy (non-hydrogen) atoms. The first kappa shape index (κ1) is 14.8. The number of aromatic nitrogens is 1. The summed E-state index contributed by atoms with van der Waals surface area (Å²) < 4.78 is 5.54. The summed E-state index contributed by atoms with van der Waals surface area (Å²) in [5.74, 6) is -0.420. The standard InChI is InChI=1S/C14H14ClNO3S/c1-8(2)13-16-10(7-20-13)6-19-12-5-9(15)3-4-11(12)14(17)18/h3-5,7-8H,6H2,1-2H3,(H,17,18). The first-order valence-electron chi connectivity index (χ1n) is 6.07. The number of ether oxygens (including phenoxy) is 1. The third-order valence-electron chi connectivity index (χ3n) is 2.61. The van der Waals surface area contributed by atoms with Crippen LogP contribution in [0.4, 0.5) is 0 Å². The molecule has 0 saturated carbocycles. The summed E-state index contributed by atoms with van der Waals surface area (Å²) in [6.45, 7) is 4.37. The monoisotopic (exact) mass is 311 g/mol. The number of aromatic carboxylic acids is 1. The van der Waals surface area contributed by atoms with Gasteiger partial charge in [0.05, 0.1) is 10.7 Å². The highest BCUT2D eigenvalue weighted by Crippen LogP contribution is 2.25. The van der Waals surface area contributed by atoms with E-state index in [-0.39, 0.29) is 17.9 Å². The molecule has 6 heteroatoms. The number of carboxylic acids is 1. The molecule has 0 atom stereocenters. The molecular formula is C14H14ClNO3S. The Morgan fingerprint density at radius 2 is 2.25 bits per heavy atom. The molecule has 0 radical (unpaired) electrons. The van der Waals surface area contributed by atoms with E-state index in [0.717, 1.165) is 10.7 Å². The highest BCUT2D eigenvalue weighted by Gasteiger charge is 2.13. The van der Waals surface area contributed by atoms with Crippen molar-refractivity contribution in [2.75, 3.05) is 0 Å². The van der Waals surface area contributed by atoms with Crippen LogP contribution in [0.25, 0.3) is 0 Å². The lowest BCUT2D eigenvalue weighted by Gasteiger charge is -2.08. The summed E-state index contributed by atoms with van der Waals surface area (Å²) in [5.41, 5.74) is 0.878. The fourth-order valence-corrected chi connectivity index (χ4v) is 2.58. The lowest BCUT2D eigenvalue weighted by Crippen LogP contribution is -2.03. The van der Waals surface area contributed by atoms with E-state index in [9.17, 15) is 4.79 Å². The first-order valence-corrected chi connectivity index (χ1v) is 7.33. The average molecular weight is 312 g/mol. The number of nitrogens with zero attached hydrogens (tertiary/aromatic N) is 1. The van der Waals surface area contributed by atoms with Gasteiger partial charge in [-0.3, -0.25) is 0 Å². The molecule has 4 nitrogen and oxygen atoms in total. The van der Waals surface area contributed by atoms with Gasteiger partial charge in [0.25, 0.3) is 0 Å². The normalized spacial score (nSPS) is 10.8. The zero-order valence-corrected chi connectivity index (χ0v) is 12.7. The van der Waals surface area contributed by atoms with Gasteiger partial charge in [-0.1, -0.05) is 25.4 Å². The Labute approximate surface area is 126 Å². The maximum Gasteiger partial charge on any atom is 0.339 e. The van der Waals surface area contributed by atoms with E-state index in [1.54, 1.807) is 11.3 Å². The second-order valence-corrected chi connectivity index (χ2v) is 5.89. The number of carbonyl (C=O) groups is 1. The maximum atomic E-state index is 11.1. The van der Waals surface area contributed by atoms with E-state index >= 15 is 0 Å². The Morgan fingerprint density at radius 3 is 2.85 bits per heavy atom. The fourth-order valence-electron chi connectivity index (χ4n) is 1.60. The molecule has 1 aromatic heterocycles. The molecular weight excluding hydrogens is 298 g/mol. The van der Waals surface area contributed by atoms with E-state index in [1.807, 2.05) is 5.38 Å². The molecule has 106 valence electrons. The summed E-state index contributed by atoms with van der Waals surface area (Å²) >= 11 is 7.44. The number of hydrogen-bond acceptors (Lipinski definition) is 4. The molecule has 0 unspecified atom stereocenters. The van der Waals surface area contributed by atoms with Gasteiger partial charge in [0.1, 0.15) is 17.9 Å². The van der Waals surface area contributed by atoms with Crippen LogP contribution in [-0.4, -0.2) is 16.1 Å². The van der Waals surface area contributed by atoms with Crippen LogP contribution in [0.2, 0.25) is 5.02 Å². The van der Waals surface area contributed by atoms with Crippen molar-refractivity contribution in [2.24, 2.45) is 0 Å². The quantitative estimate of drug-likeness (QED) is 0.899. The van der Waals surface area contributed by atoms with Gasteiger partial charge in [0.15, 0.2) is 0 Å². The Hall–Kier alpha value is -1.59. The minimum atomic E-state index is -1.04. The molecule has 0 spiro atoms. The van der Waals surface area contributed by atoms with Crippen LogP contribution < -0.4 is 4.74 Å². The zero-order chi connectivity index (χ0) is 14.7. The predicted octanol–water partition coefficient (Wildman–Crippen LogP) is 4.20. The number of rotatable bonds is 5. The van der Waals surface area contributed by atoms with E-state index in [2.05, 4.69) is 18.8 Å². The minimum absolute atomic E-state index is 0.0914. The Balaban J connectivity index is 2.13. The number of thiazole rings is 1. The molecule has 0 aliphatic carbocycles. The van der Waals surface area contributed by atoms with Crippen LogP contribution in [-0.2, 0) is 6.61 Å². The predicted molar refractivity (Wildman–Crippen MR) is 78.9 cm³/mol. The van der Waals surface area contributed by atoms with Crippen molar-refractivity contribution in [1.29, 1.82) is 0 Å². The summed E-state index contributed by atoms with van der Waals surface area (Å²) in [7, 11) is 0. The number of carboxylic acid groups (broad SMARTS) is 1. The van der Waals surface area contributed by atoms with Crippen LogP contribution >= 0.6 is 22.9 Å². The van der Waals surface area contributed by atoms with Crippen LogP contribution in [0.3, 0.4) is 0 Å².